The highest BCUT2D eigenvalue weighted by Gasteiger charge is 2.78. The molecular weight excluding hydrogens is 702 g/mol. The Bertz CT molecular complexity index is 1400. The third kappa shape index (κ3) is 7.19. The van der Waals surface area contributed by atoms with Gasteiger partial charge in [-0.05, 0) is 44.1 Å². The van der Waals surface area contributed by atoms with E-state index in [9.17, 15) is 19.5 Å². The van der Waals surface area contributed by atoms with Gasteiger partial charge >= 0.3 is 5.97 Å². The van der Waals surface area contributed by atoms with Crippen LogP contribution < -0.4 is 5.32 Å². The number of likely N-dealkylation sites (tertiary alicyclic amines) is 1. The van der Waals surface area contributed by atoms with Crippen LogP contribution in [-0.2, 0) is 28.7 Å². The minimum atomic E-state index is -1.29. The number of hydrogen-bond donors (Lipinski definition) is 2. The molecule has 3 aliphatic heterocycles. The van der Waals surface area contributed by atoms with Crippen LogP contribution in [-0.4, -0.2) is 92.4 Å². The van der Waals surface area contributed by atoms with Gasteiger partial charge in [0.25, 0.3) is 0 Å². The van der Waals surface area contributed by atoms with Gasteiger partial charge in [0.2, 0.25) is 17.7 Å². The Morgan fingerprint density at radius 2 is 1.86 bits per heavy atom. The lowest BCUT2D eigenvalue weighted by molar-refractivity contribution is -0.163. The fourth-order valence-corrected chi connectivity index (χ4v) is 9.78. The van der Waals surface area contributed by atoms with E-state index < -0.39 is 53.7 Å². The number of esters is 1. The normalized spacial score (nSPS) is 29.8. The molecule has 3 amide bonds. The van der Waals surface area contributed by atoms with Gasteiger partial charge in [-0.2, -0.15) is 0 Å². The fraction of sp³-hybridized carbons (Fsp3) is 0.641. The molecule has 50 heavy (non-hydrogen) atoms. The van der Waals surface area contributed by atoms with Crippen molar-refractivity contribution in [1.29, 1.82) is 0 Å². The van der Waals surface area contributed by atoms with E-state index in [1.54, 1.807) is 24.0 Å². The summed E-state index contributed by atoms with van der Waals surface area (Å²) < 4.78 is 13.1. The maximum absolute atomic E-state index is 15.0. The third-order valence-electron chi connectivity index (χ3n) is 11.5. The first kappa shape index (κ1) is 38.2. The fourth-order valence-electron chi connectivity index (χ4n) is 8.84. The SMILES string of the molecule is C=CCCC(=O)N[C@H](C)[C@@H](OC(=O)[C@H]1[C@@H]2O[C@@]3(CC2Br)[C@@H]1C(=O)N([C@@H](CO)[C@@H](C)CC)[C@@H]3C(=O)N(CC=C)C1CCCCC1)c1ccccc1. The zero-order valence-electron chi connectivity index (χ0n) is 29.7. The maximum atomic E-state index is 15.0. The van der Waals surface area contributed by atoms with Crippen LogP contribution in [0.1, 0.15) is 90.2 Å². The Morgan fingerprint density at radius 3 is 2.48 bits per heavy atom. The Hall–Kier alpha value is -3.02. The zero-order valence-corrected chi connectivity index (χ0v) is 31.3. The number of aliphatic hydroxyl groups is 1. The summed E-state index contributed by atoms with van der Waals surface area (Å²) in [5.41, 5.74) is -0.595. The van der Waals surface area contributed by atoms with E-state index in [2.05, 4.69) is 34.4 Å². The summed E-state index contributed by atoms with van der Waals surface area (Å²) >= 11 is 3.77. The number of carbonyl (C=O) groups excluding carboxylic acids is 4. The van der Waals surface area contributed by atoms with E-state index >= 15 is 4.79 Å². The molecule has 3 saturated heterocycles. The molecule has 1 spiro atoms. The topological polar surface area (TPSA) is 125 Å². The molecule has 4 fully saturated rings. The largest absolute Gasteiger partial charge is 0.455 e. The molecule has 1 aromatic carbocycles. The number of amides is 3. The van der Waals surface area contributed by atoms with Crippen molar-refractivity contribution in [3.05, 3.63) is 61.2 Å². The van der Waals surface area contributed by atoms with Gasteiger partial charge in [-0.25, -0.2) is 0 Å². The number of benzene rings is 1. The molecule has 3 heterocycles. The molecule has 1 aliphatic carbocycles. The molecular formula is C39H54BrN3O7. The number of nitrogens with one attached hydrogen (secondary N) is 1. The van der Waals surface area contributed by atoms with Crippen molar-refractivity contribution in [2.75, 3.05) is 13.2 Å². The van der Waals surface area contributed by atoms with Crippen LogP contribution in [0.5, 0.6) is 0 Å². The summed E-state index contributed by atoms with van der Waals surface area (Å²) in [6.07, 6.45) is 8.55. The summed E-state index contributed by atoms with van der Waals surface area (Å²) in [5.74, 6) is -3.50. The van der Waals surface area contributed by atoms with Gasteiger partial charge < -0.3 is 29.7 Å². The maximum Gasteiger partial charge on any atom is 0.313 e. The van der Waals surface area contributed by atoms with E-state index in [1.807, 2.05) is 49.1 Å². The smallest absolute Gasteiger partial charge is 0.313 e. The van der Waals surface area contributed by atoms with Gasteiger partial charge in [0.1, 0.15) is 17.7 Å². The van der Waals surface area contributed by atoms with Crippen LogP contribution in [0.15, 0.2) is 55.6 Å². The Kier molecular flexibility index (Phi) is 12.6. The predicted octanol–water partition coefficient (Wildman–Crippen LogP) is 5.24. The van der Waals surface area contributed by atoms with Crippen LogP contribution in [0.2, 0.25) is 0 Å². The number of fused-ring (bicyclic) bond motifs is 1. The number of ether oxygens (including phenoxy) is 2. The van der Waals surface area contributed by atoms with Gasteiger partial charge in [0.05, 0.1) is 36.6 Å². The summed E-state index contributed by atoms with van der Waals surface area (Å²) in [4.78, 5) is 60.2. The summed E-state index contributed by atoms with van der Waals surface area (Å²) in [6, 6.07) is 6.97. The molecule has 4 aliphatic rings. The van der Waals surface area contributed by atoms with Crippen molar-refractivity contribution >= 4 is 39.6 Å². The molecule has 10 nitrogen and oxygen atoms in total. The van der Waals surface area contributed by atoms with Crippen molar-refractivity contribution in [1.82, 2.24) is 15.1 Å². The first-order valence-electron chi connectivity index (χ1n) is 18.4. The van der Waals surface area contributed by atoms with Crippen LogP contribution in [0.25, 0.3) is 0 Å². The second kappa shape index (κ2) is 16.5. The Labute approximate surface area is 305 Å². The van der Waals surface area contributed by atoms with Crippen LogP contribution in [0.3, 0.4) is 0 Å². The average molecular weight is 757 g/mol. The lowest BCUT2D eigenvalue weighted by Gasteiger charge is -2.43. The number of hydrogen-bond acceptors (Lipinski definition) is 7. The molecule has 0 aromatic heterocycles. The number of carbonyl (C=O) groups is 4. The Morgan fingerprint density at radius 1 is 1.16 bits per heavy atom. The first-order valence-corrected chi connectivity index (χ1v) is 19.3. The second-order valence-electron chi connectivity index (χ2n) is 14.6. The predicted molar refractivity (Wildman–Crippen MR) is 194 cm³/mol. The summed E-state index contributed by atoms with van der Waals surface area (Å²) in [6.45, 7) is 13.4. The van der Waals surface area contributed by atoms with E-state index in [0.717, 1.165) is 32.1 Å². The van der Waals surface area contributed by atoms with Crippen molar-refractivity contribution < 1.29 is 33.8 Å². The number of nitrogens with zero attached hydrogens (tertiary/aromatic N) is 2. The van der Waals surface area contributed by atoms with Crippen molar-refractivity contribution in [2.24, 2.45) is 17.8 Å². The first-order chi connectivity index (χ1) is 24.0. The summed E-state index contributed by atoms with van der Waals surface area (Å²) in [7, 11) is 0. The monoisotopic (exact) mass is 755 g/mol. The van der Waals surface area contributed by atoms with Crippen molar-refractivity contribution in [3.63, 3.8) is 0 Å². The van der Waals surface area contributed by atoms with Gasteiger partial charge in [-0.1, -0.05) is 97.9 Å². The minimum Gasteiger partial charge on any atom is -0.455 e. The molecule has 2 bridgehead atoms. The van der Waals surface area contributed by atoms with E-state index in [-0.39, 0.29) is 47.5 Å². The molecule has 5 rings (SSSR count). The number of rotatable bonds is 16. The zero-order chi connectivity index (χ0) is 36.2. The van der Waals surface area contributed by atoms with Crippen LogP contribution in [0, 0.1) is 17.8 Å². The molecule has 274 valence electrons. The lowest BCUT2D eigenvalue weighted by atomic mass is 9.70. The van der Waals surface area contributed by atoms with Gasteiger partial charge in [0, 0.05) is 23.8 Å². The van der Waals surface area contributed by atoms with E-state index in [1.165, 1.54) is 0 Å². The number of aliphatic hydroxyl groups excluding tert-OH is 1. The van der Waals surface area contributed by atoms with Crippen LogP contribution in [0.4, 0.5) is 0 Å². The minimum absolute atomic E-state index is 0.00627. The highest BCUT2D eigenvalue weighted by Crippen LogP contribution is 2.61. The highest BCUT2D eigenvalue weighted by molar-refractivity contribution is 9.09. The van der Waals surface area contributed by atoms with Crippen molar-refractivity contribution in [3.8, 4) is 0 Å². The molecule has 2 N–H and O–H groups in total. The third-order valence-corrected chi connectivity index (χ3v) is 12.3. The van der Waals surface area contributed by atoms with E-state index in [0.29, 0.717) is 31.4 Å². The number of halogens is 1. The quantitative estimate of drug-likeness (QED) is 0.134. The number of alkyl halides is 1. The molecule has 10 atom stereocenters. The number of allylic oxidation sites excluding steroid dienone is 1. The van der Waals surface area contributed by atoms with Crippen LogP contribution >= 0.6 is 15.9 Å². The molecule has 1 saturated carbocycles. The Balaban J connectivity index is 1.53. The lowest BCUT2D eigenvalue weighted by Crippen LogP contribution is -2.61. The molecule has 11 heteroatoms. The van der Waals surface area contributed by atoms with Crippen molar-refractivity contribution in [2.45, 2.75) is 125 Å². The second-order valence-corrected chi connectivity index (χ2v) is 15.7. The molecule has 1 aromatic rings. The van der Waals surface area contributed by atoms with Gasteiger partial charge in [-0.3, -0.25) is 19.2 Å². The highest BCUT2D eigenvalue weighted by atomic mass is 79.9. The van der Waals surface area contributed by atoms with E-state index in [4.69, 9.17) is 9.47 Å². The van der Waals surface area contributed by atoms with Gasteiger partial charge in [-0.15, -0.1) is 13.2 Å². The molecule has 0 radical (unpaired) electrons. The average Bonchev–Trinajstić information content (AvgIpc) is 3.72. The van der Waals surface area contributed by atoms with Gasteiger partial charge in [0.15, 0.2) is 0 Å². The molecule has 1 unspecified atom stereocenters. The summed E-state index contributed by atoms with van der Waals surface area (Å²) in [5, 5.41) is 13.7. The standard InChI is InChI=1S/C39H54BrN3O7/c1-6-9-20-30(45)41-25(5)33(26-16-12-10-13-17-26)49-38(48)31-32-36(46)43(29(23-44)24(4)8-3)35(39(32)22-28(40)34(31)50-39)37(47)42(21-7-2)27-18-14-11-15-19-27/h6-7,10,12-13,16-17,24-25,27-29,31-35,44H,1-2,8-9,11,14-15,18-23H2,3-5H3,(H,41,45)/t24-,25+,28?,29-,31+,32-,33+,34+,35+,39-/m0/s1.